The third-order valence-corrected chi connectivity index (χ3v) is 8.21. The van der Waals surface area contributed by atoms with E-state index in [1.54, 1.807) is 29.6 Å². The summed E-state index contributed by atoms with van der Waals surface area (Å²) in [6.07, 6.45) is 2.69. The molecule has 0 saturated carbocycles. The molecule has 9 heteroatoms. The van der Waals surface area contributed by atoms with Gasteiger partial charge in [0, 0.05) is 37.5 Å². The van der Waals surface area contributed by atoms with Gasteiger partial charge in [-0.2, -0.15) is 0 Å². The lowest BCUT2D eigenvalue weighted by atomic mass is 10.0. The van der Waals surface area contributed by atoms with E-state index < -0.39 is 10.0 Å². The maximum atomic E-state index is 12.5. The van der Waals surface area contributed by atoms with E-state index in [1.165, 1.54) is 16.9 Å². The Morgan fingerprint density at radius 3 is 2.50 bits per heavy atom. The summed E-state index contributed by atoms with van der Waals surface area (Å²) >= 11 is 1.22. The summed E-state index contributed by atoms with van der Waals surface area (Å²) in [5.74, 6) is 0.0105. The number of amides is 1. The molecule has 1 aliphatic heterocycles. The Morgan fingerprint density at radius 1 is 1.09 bits per heavy atom. The van der Waals surface area contributed by atoms with Crippen molar-refractivity contribution in [1.82, 2.24) is 15.2 Å². The number of carbonyl (C=O) groups excluding carboxylic acids is 1. The van der Waals surface area contributed by atoms with Crippen LogP contribution in [0, 0.1) is 6.92 Å². The minimum Gasteiger partial charge on any atom is -0.353 e. The third kappa shape index (κ3) is 6.88. The Balaban J connectivity index is 1.19. The Hall–Kier alpha value is -2.75. The third-order valence-electron chi connectivity index (χ3n) is 5.91. The summed E-state index contributed by atoms with van der Waals surface area (Å²) in [7, 11) is -3.68. The van der Waals surface area contributed by atoms with Crippen LogP contribution in [0.4, 0.5) is 5.13 Å². The number of anilines is 1. The Kier molecular flexibility index (Phi) is 7.97. The Morgan fingerprint density at radius 2 is 1.79 bits per heavy atom. The molecule has 4 rings (SSSR count). The van der Waals surface area contributed by atoms with Crippen molar-refractivity contribution < 1.29 is 13.2 Å². The van der Waals surface area contributed by atoms with Crippen LogP contribution in [-0.4, -0.2) is 43.3 Å². The van der Waals surface area contributed by atoms with Crippen molar-refractivity contribution in [1.29, 1.82) is 0 Å². The van der Waals surface area contributed by atoms with E-state index in [-0.39, 0.29) is 16.8 Å². The molecule has 1 amide bonds. The second-order valence-electron chi connectivity index (χ2n) is 8.67. The second-order valence-corrected chi connectivity index (χ2v) is 11.2. The number of piperidine rings is 1. The topological polar surface area (TPSA) is 91.4 Å². The lowest BCUT2D eigenvalue weighted by Crippen LogP contribution is -2.44. The first-order valence-corrected chi connectivity index (χ1v) is 13.8. The fraction of sp³-hybridized carbons (Fsp3) is 0.360. The number of hydrogen-bond donors (Lipinski definition) is 2. The molecule has 1 saturated heterocycles. The molecule has 180 valence electrons. The van der Waals surface area contributed by atoms with Gasteiger partial charge in [-0.15, -0.1) is 11.3 Å². The van der Waals surface area contributed by atoms with Crippen molar-refractivity contribution >= 4 is 32.4 Å². The van der Waals surface area contributed by atoms with E-state index in [4.69, 9.17) is 0 Å². The van der Waals surface area contributed by atoms with E-state index >= 15 is 0 Å². The van der Waals surface area contributed by atoms with E-state index in [9.17, 15) is 13.2 Å². The summed E-state index contributed by atoms with van der Waals surface area (Å²) in [4.78, 5) is 19.4. The number of nitrogens with one attached hydrogen (secondary N) is 2. The van der Waals surface area contributed by atoms with Crippen molar-refractivity contribution in [3.8, 4) is 0 Å². The molecule has 3 aromatic rings. The average Bonchev–Trinajstić information content (AvgIpc) is 3.26. The highest BCUT2D eigenvalue weighted by atomic mass is 32.2. The molecule has 2 N–H and O–H groups in total. The van der Waals surface area contributed by atoms with Crippen LogP contribution in [-0.2, 0) is 27.8 Å². The van der Waals surface area contributed by atoms with Crippen LogP contribution in [0.3, 0.4) is 0 Å². The van der Waals surface area contributed by atoms with Gasteiger partial charge in [0.2, 0.25) is 5.91 Å². The van der Waals surface area contributed by atoms with Gasteiger partial charge >= 0.3 is 0 Å². The van der Waals surface area contributed by atoms with Crippen LogP contribution in [0.25, 0.3) is 0 Å². The summed E-state index contributed by atoms with van der Waals surface area (Å²) in [5.41, 5.74) is 3.01. The number of benzene rings is 2. The molecule has 2 heterocycles. The van der Waals surface area contributed by atoms with Gasteiger partial charge in [-0.3, -0.25) is 14.4 Å². The van der Waals surface area contributed by atoms with E-state index in [0.29, 0.717) is 23.7 Å². The van der Waals surface area contributed by atoms with Gasteiger partial charge in [-0.1, -0.05) is 48.0 Å². The molecule has 0 radical (unpaired) electrons. The van der Waals surface area contributed by atoms with Crippen LogP contribution in [0.5, 0.6) is 0 Å². The van der Waals surface area contributed by atoms with E-state index in [2.05, 4.69) is 44.2 Å². The smallest absolute Gasteiger partial charge is 0.263 e. The average molecular weight is 499 g/mol. The highest BCUT2D eigenvalue weighted by molar-refractivity contribution is 7.93. The predicted molar refractivity (Wildman–Crippen MR) is 135 cm³/mol. The molecule has 34 heavy (non-hydrogen) atoms. The molecule has 2 aromatic carbocycles. The van der Waals surface area contributed by atoms with E-state index in [0.717, 1.165) is 38.0 Å². The van der Waals surface area contributed by atoms with Crippen LogP contribution < -0.4 is 10.0 Å². The van der Waals surface area contributed by atoms with Crippen molar-refractivity contribution in [2.45, 2.75) is 50.1 Å². The van der Waals surface area contributed by atoms with Gasteiger partial charge in [0.05, 0.1) is 10.6 Å². The van der Waals surface area contributed by atoms with Crippen molar-refractivity contribution in [2.75, 3.05) is 17.8 Å². The first kappa shape index (κ1) is 24.4. The minimum absolute atomic E-state index is 0.0105. The number of hydrogen-bond acceptors (Lipinski definition) is 6. The lowest BCUT2D eigenvalue weighted by molar-refractivity contribution is -0.122. The van der Waals surface area contributed by atoms with Crippen molar-refractivity contribution in [3.05, 3.63) is 76.8 Å². The van der Waals surface area contributed by atoms with Crippen LogP contribution in [0.15, 0.2) is 64.9 Å². The molecule has 0 bridgehead atoms. The number of aromatic nitrogens is 1. The summed E-state index contributed by atoms with van der Waals surface area (Å²) in [6, 6.07) is 17.3. The van der Waals surface area contributed by atoms with Crippen LogP contribution in [0.1, 0.15) is 36.1 Å². The molecule has 0 spiro atoms. The number of nitrogens with zero attached hydrogens (tertiary/aromatic N) is 2. The number of carbonyl (C=O) groups is 1. The first-order valence-electron chi connectivity index (χ1n) is 11.5. The molecule has 1 aliphatic rings. The van der Waals surface area contributed by atoms with Crippen molar-refractivity contribution in [3.63, 3.8) is 0 Å². The number of sulfonamides is 1. The standard InChI is InChI=1S/C25H30N4O3S2/c1-19-7-10-23(11-8-19)34(31,32)28-25-27-22(18-33-25)9-12-24(30)26-21-13-15-29(16-14-21)17-20-5-3-2-4-6-20/h2-8,10-11,18,21H,9,12-17H2,1H3,(H,26,30)(H,27,28). The number of aryl methyl sites for hydroxylation is 2. The van der Waals surface area contributed by atoms with Crippen molar-refractivity contribution in [2.24, 2.45) is 0 Å². The summed E-state index contributed by atoms with van der Waals surface area (Å²) < 4.78 is 27.6. The zero-order valence-electron chi connectivity index (χ0n) is 19.2. The summed E-state index contributed by atoms with van der Waals surface area (Å²) in [5, 5.41) is 5.24. The van der Waals surface area contributed by atoms with Gasteiger partial charge < -0.3 is 5.32 Å². The second kappa shape index (κ2) is 11.1. The quantitative estimate of drug-likeness (QED) is 0.466. The fourth-order valence-electron chi connectivity index (χ4n) is 3.98. The SMILES string of the molecule is Cc1ccc(S(=O)(=O)Nc2nc(CCC(=O)NC3CCN(Cc4ccccc4)CC3)cs2)cc1. The molecule has 0 unspecified atom stereocenters. The van der Waals surface area contributed by atoms with Crippen LogP contribution in [0.2, 0.25) is 0 Å². The predicted octanol–water partition coefficient (Wildman–Crippen LogP) is 3.97. The zero-order valence-corrected chi connectivity index (χ0v) is 20.9. The molecule has 0 aliphatic carbocycles. The molecule has 7 nitrogen and oxygen atoms in total. The molecule has 1 aromatic heterocycles. The van der Waals surface area contributed by atoms with Gasteiger partial charge in [0.1, 0.15) is 0 Å². The first-order chi connectivity index (χ1) is 16.4. The monoisotopic (exact) mass is 498 g/mol. The van der Waals surface area contributed by atoms with Gasteiger partial charge in [-0.05, 0) is 43.9 Å². The maximum Gasteiger partial charge on any atom is 0.263 e. The molecule has 0 atom stereocenters. The molecular formula is C25H30N4O3S2. The summed E-state index contributed by atoms with van der Waals surface area (Å²) in [6.45, 7) is 4.79. The fourth-order valence-corrected chi connectivity index (χ4v) is 5.98. The van der Waals surface area contributed by atoms with Gasteiger partial charge in [0.15, 0.2) is 5.13 Å². The lowest BCUT2D eigenvalue weighted by Gasteiger charge is -2.32. The molecule has 1 fully saturated rings. The van der Waals surface area contributed by atoms with E-state index in [1.807, 2.05) is 13.0 Å². The van der Waals surface area contributed by atoms with Gasteiger partial charge in [0.25, 0.3) is 10.0 Å². The van der Waals surface area contributed by atoms with Gasteiger partial charge in [-0.25, -0.2) is 13.4 Å². The number of thiazole rings is 1. The number of likely N-dealkylation sites (tertiary alicyclic amines) is 1. The normalized spacial score (nSPS) is 15.2. The number of rotatable bonds is 9. The van der Waals surface area contributed by atoms with Crippen LogP contribution >= 0.6 is 11.3 Å². The maximum absolute atomic E-state index is 12.5. The highest BCUT2D eigenvalue weighted by Gasteiger charge is 2.21. The molecular weight excluding hydrogens is 468 g/mol. The highest BCUT2D eigenvalue weighted by Crippen LogP contribution is 2.21. The largest absolute Gasteiger partial charge is 0.353 e. The zero-order chi connectivity index (χ0) is 24.0. The Labute approximate surface area is 205 Å². The minimum atomic E-state index is -3.68. The Bertz CT molecular complexity index is 1190.